The number of aliphatic hydroxyl groups excluding tert-OH is 1. The fraction of sp³-hybridized carbons (Fsp3) is 0.455. The molecule has 13 heavy (non-hydrogen) atoms. The van der Waals surface area contributed by atoms with E-state index in [0.717, 1.165) is 18.6 Å². The van der Waals surface area contributed by atoms with E-state index in [4.69, 9.17) is 4.74 Å². The summed E-state index contributed by atoms with van der Waals surface area (Å²) in [5, 5.41) is 9.60. The zero-order valence-corrected chi connectivity index (χ0v) is 7.73. The lowest BCUT2D eigenvalue weighted by atomic mass is 10.1. The first-order chi connectivity index (χ1) is 6.31. The van der Waals surface area contributed by atoms with E-state index in [-0.39, 0.29) is 12.2 Å². The second-order valence-electron chi connectivity index (χ2n) is 3.44. The molecule has 0 aromatic heterocycles. The predicted octanol–water partition coefficient (Wildman–Crippen LogP) is 1.76. The molecule has 0 saturated carbocycles. The molecule has 0 saturated heterocycles. The molecule has 1 heterocycles. The summed E-state index contributed by atoms with van der Waals surface area (Å²) in [6.07, 6.45) is 1.21. The fourth-order valence-electron chi connectivity index (χ4n) is 1.69. The molecular formula is C11H14O2. The topological polar surface area (TPSA) is 29.5 Å². The number of hydrogen-bond acceptors (Lipinski definition) is 2. The third-order valence-electron chi connectivity index (χ3n) is 2.52. The van der Waals surface area contributed by atoms with Crippen LogP contribution in [0.25, 0.3) is 0 Å². The molecule has 1 N–H and O–H groups in total. The van der Waals surface area contributed by atoms with Gasteiger partial charge in [-0.15, -0.1) is 0 Å². The quantitative estimate of drug-likeness (QED) is 0.747. The predicted molar refractivity (Wildman–Crippen MR) is 50.9 cm³/mol. The van der Waals surface area contributed by atoms with Crippen LogP contribution in [0.4, 0.5) is 0 Å². The Hall–Kier alpha value is -1.02. The Kier molecular flexibility index (Phi) is 2.23. The average Bonchev–Trinajstić information content (AvgIpc) is 2.59. The van der Waals surface area contributed by atoms with Crippen LogP contribution >= 0.6 is 0 Å². The lowest BCUT2D eigenvalue weighted by Crippen LogP contribution is -2.29. The van der Waals surface area contributed by atoms with E-state index in [1.165, 1.54) is 5.56 Å². The van der Waals surface area contributed by atoms with Crippen molar-refractivity contribution in [3.8, 4) is 5.75 Å². The van der Waals surface area contributed by atoms with E-state index in [2.05, 4.69) is 6.07 Å². The number of ether oxygens (including phenoxy) is 1. The smallest absolute Gasteiger partial charge is 0.129 e. The van der Waals surface area contributed by atoms with Crippen LogP contribution in [0.1, 0.15) is 18.9 Å². The van der Waals surface area contributed by atoms with Gasteiger partial charge in [-0.05, 0) is 18.1 Å². The molecule has 1 aromatic rings. The number of fused-ring (bicyclic) bond motifs is 1. The Morgan fingerprint density at radius 2 is 2.31 bits per heavy atom. The Balaban J connectivity index is 2.14. The number of hydrogen-bond donors (Lipinski definition) is 1. The third-order valence-corrected chi connectivity index (χ3v) is 2.52. The molecule has 0 fully saturated rings. The molecule has 0 bridgehead atoms. The van der Waals surface area contributed by atoms with Gasteiger partial charge in [0.1, 0.15) is 11.9 Å². The van der Waals surface area contributed by atoms with Crippen LogP contribution < -0.4 is 4.74 Å². The molecular weight excluding hydrogens is 164 g/mol. The lowest BCUT2D eigenvalue weighted by molar-refractivity contribution is 0.0475. The van der Waals surface area contributed by atoms with Crippen molar-refractivity contribution in [3.05, 3.63) is 29.8 Å². The number of rotatable bonds is 2. The molecule has 2 rings (SSSR count). The van der Waals surface area contributed by atoms with Gasteiger partial charge in [0.2, 0.25) is 0 Å². The summed E-state index contributed by atoms with van der Waals surface area (Å²) in [5.74, 6) is 0.931. The van der Waals surface area contributed by atoms with E-state index >= 15 is 0 Å². The number of benzene rings is 1. The SMILES string of the molecule is CC[C@@H](O)C1Cc2ccccc2O1. The second-order valence-corrected chi connectivity index (χ2v) is 3.44. The lowest BCUT2D eigenvalue weighted by Gasteiger charge is -2.15. The van der Waals surface area contributed by atoms with Crippen LogP contribution in [0.2, 0.25) is 0 Å². The van der Waals surface area contributed by atoms with Crippen LogP contribution in [0, 0.1) is 0 Å². The summed E-state index contributed by atoms with van der Waals surface area (Å²) in [7, 11) is 0. The summed E-state index contributed by atoms with van der Waals surface area (Å²) in [6.45, 7) is 1.97. The van der Waals surface area contributed by atoms with E-state index < -0.39 is 0 Å². The minimum absolute atomic E-state index is 0.0394. The Bertz CT molecular complexity index is 271. The largest absolute Gasteiger partial charge is 0.487 e. The van der Waals surface area contributed by atoms with Gasteiger partial charge in [-0.25, -0.2) is 0 Å². The molecule has 2 atom stereocenters. The van der Waals surface area contributed by atoms with Crippen molar-refractivity contribution >= 4 is 0 Å². The maximum Gasteiger partial charge on any atom is 0.129 e. The highest BCUT2D eigenvalue weighted by molar-refractivity contribution is 5.37. The molecule has 2 nitrogen and oxygen atoms in total. The molecule has 0 aliphatic carbocycles. The normalized spacial score (nSPS) is 22.2. The Morgan fingerprint density at radius 1 is 1.54 bits per heavy atom. The first-order valence-electron chi connectivity index (χ1n) is 4.74. The van der Waals surface area contributed by atoms with Gasteiger partial charge in [-0.2, -0.15) is 0 Å². The summed E-state index contributed by atoms with van der Waals surface area (Å²) < 4.78 is 5.61. The van der Waals surface area contributed by atoms with Crippen LogP contribution in [-0.2, 0) is 6.42 Å². The van der Waals surface area contributed by atoms with Crippen molar-refractivity contribution in [2.24, 2.45) is 0 Å². The number of aliphatic hydroxyl groups is 1. The highest BCUT2D eigenvalue weighted by Crippen LogP contribution is 2.29. The minimum atomic E-state index is -0.340. The maximum atomic E-state index is 9.60. The first kappa shape index (κ1) is 8.57. The summed E-state index contributed by atoms with van der Waals surface area (Å²) in [4.78, 5) is 0. The highest BCUT2D eigenvalue weighted by atomic mass is 16.5. The van der Waals surface area contributed by atoms with Gasteiger partial charge >= 0.3 is 0 Å². The van der Waals surface area contributed by atoms with Crippen molar-refractivity contribution < 1.29 is 9.84 Å². The van der Waals surface area contributed by atoms with Crippen molar-refractivity contribution in [3.63, 3.8) is 0 Å². The maximum absolute atomic E-state index is 9.60. The van der Waals surface area contributed by atoms with Gasteiger partial charge in [0.25, 0.3) is 0 Å². The summed E-state index contributed by atoms with van der Waals surface area (Å²) >= 11 is 0. The molecule has 1 aliphatic heterocycles. The fourth-order valence-corrected chi connectivity index (χ4v) is 1.69. The third kappa shape index (κ3) is 1.54. The number of para-hydroxylation sites is 1. The average molecular weight is 178 g/mol. The minimum Gasteiger partial charge on any atom is -0.487 e. The van der Waals surface area contributed by atoms with Gasteiger partial charge in [-0.1, -0.05) is 25.1 Å². The van der Waals surface area contributed by atoms with Crippen LogP contribution in [0.5, 0.6) is 5.75 Å². The molecule has 0 radical (unpaired) electrons. The van der Waals surface area contributed by atoms with E-state index in [9.17, 15) is 5.11 Å². The molecule has 1 aromatic carbocycles. The Labute approximate surface area is 78.2 Å². The van der Waals surface area contributed by atoms with Gasteiger partial charge in [0, 0.05) is 6.42 Å². The van der Waals surface area contributed by atoms with Crippen molar-refractivity contribution in [1.29, 1.82) is 0 Å². The van der Waals surface area contributed by atoms with Gasteiger partial charge in [0.15, 0.2) is 0 Å². The van der Waals surface area contributed by atoms with Gasteiger partial charge in [0.05, 0.1) is 6.10 Å². The second kappa shape index (κ2) is 3.38. The Morgan fingerprint density at radius 3 is 3.00 bits per heavy atom. The van der Waals surface area contributed by atoms with Crippen molar-refractivity contribution in [1.82, 2.24) is 0 Å². The molecule has 1 unspecified atom stereocenters. The molecule has 0 amide bonds. The van der Waals surface area contributed by atoms with Crippen LogP contribution in [0.15, 0.2) is 24.3 Å². The van der Waals surface area contributed by atoms with Crippen LogP contribution in [-0.4, -0.2) is 17.3 Å². The van der Waals surface area contributed by atoms with E-state index in [1.807, 2.05) is 25.1 Å². The highest BCUT2D eigenvalue weighted by Gasteiger charge is 2.27. The monoisotopic (exact) mass is 178 g/mol. The summed E-state index contributed by atoms with van der Waals surface area (Å²) in [5.41, 5.74) is 1.21. The standard InChI is InChI=1S/C11H14O2/c1-2-9(12)11-7-8-5-3-4-6-10(8)13-11/h3-6,9,11-12H,2,7H2,1H3/t9-,11?/m1/s1. The van der Waals surface area contributed by atoms with Crippen LogP contribution in [0.3, 0.4) is 0 Å². The molecule has 2 heteroatoms. The molecule has 1 aliphatic rings. The summed E-state index contributed by atoms with van der Waals surface area (Å²) in [6, 6.07) is 7.97. The van der Waals surface area contributed by atoms with Crippen molar-refractivity contribution in [2.75, 3.05) is 0 Å². The molecule has 0 spiro atoms. The van der Waals surface area contributed by atoms with E-state index in [1.54, 1.807) is 0 Å². The van der Waals surface area contributed by atoms with Gasteiger partial charge < -0.3 is 9.84 Å². The zero-order chi connectivity index (χ0) is 9.26. The first-order valence-corrected chi connectivity index (χ1v) is 4.74. The zero-order valence-electron chi connectivity index (χ0n) is 7.73. The molecule has 70 valence electrons. The van der Waals surface area contributed by atoms with Gasteiger partial charge in [-0.3, -0.25) is 0 Å². The van der Waals surface area contributed by atoms with E-state index in [0.29, 0.717) is 0 Å². The van der Waals surface area contributed by atoms with Crippen molar-refractivity contribution in [2.45, 2.75) is 32.0 Å².